The van der Waals surface area contributed by atoms with Crippen LogP contribution >= 0.6 is 0 Å². The quantitative estimate of drug-likeness (QED) is 0.876. The molecule has 8 nitrogen and oxygen atoms in total. The highest BCUT2D eigenvalue weighted by molar-refractivity contribution is 5.68. The second-order valence-corrected chi connectivity index (χ2v) is 7.55. The van der Waals surface area contributed by atoms with Crippen LogP contribution in [0.25, 0.3) is 0 Å². The Bertz CT molecular complexity index is 559. The van der Waals surface area contributed by atoms with Crippen LogP contribution in [0.1, 0.15) is 32.2 Å². The number of ether oxygens (including phenoxy) is 1. The Morgan fingerprint density at radius 2 is 1.71 bits per heavy atom. The van der Waals surface area contributed by atoms with E-state index in [0.29, 0.717) is 0 Å². The second-order valence-electron chi connectivity index (χ2n) is 7.55. The Kier molecular flexibility index (Phi) is 5.05. The highest BCUT2D eigenvalue weighted by Gasteiger charge is 2.26. The first-order chi connectivity index (χ1) is 11.4. The van der Waals surface area contributed by atoms with E-state index in [0.717, 1.165) is 70.2 Å². The molecule has 0 aliphatic carbocycles. The van der Waals surface area contributed by atoms with Gasteiger partial charge in [-0.05, 0) is 20.8 Å². The summed E-state index contributed by atoms with van der Waals surface area (Å²) in [7, 11) is 0. The van der Waals surface area contributed by atoms with Gasteiger partial charge in [-0.25, -0.2) is 4.79 Å². The molecule has 0 unspecified atom stereocenters. The van der Waals surface area contributed by atoms with Gasteiger partial charge in [0.25, 0.3) is 0 Å². The summed E-state index contributed by atoms with van der Waals surface area (Å²) in [6.07, 6.45) is 0.773. The van der Waals surface area contributed by atoms with E-state index in [1.54, 1.807) is 0 Å². The van der Waals surface area contributed by atoms with Crippen molar-refractivity contribution in [3.63, 3.8) is 0 Å². The first kappa shape index (κ1) is 17.2. The van der Waals surface area contributed by atoms with Crippen molar-refractivity contribution in [2.45, 2.75) is 39.3 Å². The van der Waals surface area contributed by atoms with Crippen molar-refractivity contribution < 1.29 is 9.53 Å². The van der Waals surface area contributed by atoms with E-state index in [1.165, 1.54) is 0 Å². The van der Waals surface area contributed by atoms with E-state index in [9.17, 15) is 4.79 Å². The van der Waals surface area contributed by atoms with Crippen molar-refractivity contribution in [3.8, 4) is 0 Å². The van der Waals surface area contributed by atoms with E-state index in [2.05, 4.69) is 25.2 Å². The number of carbonyl (C=O) groups excluding carboxylic acids is 1. The fourth-order valence-electron chi connectivity index (χ4n) is 3.11. The predicted octanol–water partition coefficient (Wildman–Crippen LogP) is 0.716. The maximum atomic E-state index is 12.1. The van der Waals surface area contributed by atoms with E-state index in [1.807, 2.05) is 25.7 Å². The van der Waals surface area contributed by atoms with Crippen LogP contribution in [0, 0.1) is 0 Å². The maximum Gasteiger partial charge on any atom is 0.410 e. The van der Waals surface area contributed by atoms with Crippen LogP contribution in [0.4, 0.5) is 4.79 Å². The van der Waals surface area contributed by atoms with Gasteiger partial charge in [0.15, 0.2) is 0 Å². The summed E-state index contributed by atoms with van der Waals surface area (Å²) < 4.78 is 5.44. The van der Waals surface area contributed by atoms with Crippen molar-refractivity contribution in [2.75, 3.05) is 45.8 Å². The fraction of sp³-hybridized carbons (Fsp3) is 0.812. The van der Waals surface area contributed by atoms with Gasteiger partial charge in [-0.15, -0.1) is 0 Å². The standard InChI is InChI=1S/C16H28N6O2/c1-16(2,3)24-15(23)22-10-8-20(9-11-22)6-7-21-5-4-13-14(12-21)18-19-17-13/h4-12H2,1-3H3,(H,17,18,19). The van der Waals surface area contributed by atoms with Gasteiger partial charge < -0.3 is 9.64 Å². The number of aromatic amines is 1. The molecule has 0 aromatic carbocycles. The molecule has 0 radical (unpaired) electrons. The number of nitrogens with zero attached hydrogens (tertiary/aromatic N) is 5. The van der Waals surface area contributed by atoms with Gasteiger partial charge in [0, 0.05) is 58.8 Å². The Labute approximate surface area is 143 Å². The molecule has 134 valence electrons. The summed E-state index contributed by atoms with van der Waals surface area (Å²) in [6, 6.07) is 0. The van der Waals surface area contributed by atoms with Crippen LogP contribution < -0.4 is 0 Å². The molecular weight excluding hydrogens is 308 g/mol. The minimum absolute atomic E-state index is 0.197. The van der Waals surface area contributed by atoms with Crippen molar-refractivity contribution >= 4 is 6.09 Å². The molecule has 2 aliphatic heterocycles. The minimum Gasteiger partial charge on any atom is -0.444 e. The lowest BCUT2D eigenvalue weighted by Crippen LogP contribution is -2.51. The van der Waals surface area contributed by atoms with Crippen LogP contribution in [0.2, 0.25) is 0 Å². The first-order valence-electron chi connectivity index (χ1n) is 8.72. The molecule has 1 N–H and O–H groups in total. The average molecular weight is 336 g/mol. The number of nitrogens with one attached hydrogen (secondary N) is 1. The zero-order valence-electron chi connectivity index (χ0n) is 14.9. The largest absolute Gasteiger partial charge is 0.444 e. The summed E-state index contributed by atoms with van der Waals surface area (Å²) in [4.78, 5) is 18.7. The average Bonchev–Trinajstić information content (AvgIpc) is 2.99. The number of rotatable bonds is 3. The van der Waals surface area contributed by atoms with Gasteiger partial charge in [0.2, 0.25) is 0 Å². The van der Waals surface area contributed by atoms with Crippen LogP contribution in [0.5, 0.6) is 0 Å². The summed E-state index contributed by atoms with van der Waals surface area (Å²) in [5.41, 5.74) is 1.76. The zero-order chi connectivity index (χ0) is 17.2. The van der Waals surface area contributed by atoms with Crippen LogP contribution in [0.3, 0.4) is 0 Å². The lowest BCUT2D eigenvalue weighted by atomic mass is 10.1. The van der Waals surface area contributed by atoms with Gasteiger partial charge in [0.1, 0.15) is 5.60 Å². The summed E-state index contributed by atoms with van der Waals surface area (Å²) in [5.74, 6) is 0. The molecule has 1 aromatic rings. The van der Waals surface area contributed by atoms with E-state index in [-0.39, 0.29) is 6.09 Å². The third kappa shape index (κ3) is 4.45. The number of carbonyl (C=O) groups is 1. The van der Waals surface area contributed by atoms with Gasteiger partial charge in [-0.2, -0.15) is 15.4 Å². The molecule has 24 heavy (non-hydrogen) atoms. The van der Waals surface area contributed by atoms with Crippen molar-refractivity contribution in [2.24, 2.45) is 0 Å². The van der Waals surface area contributed by atoms with Crippen LogP contribution in [-0.2, 0) is 17.7 Å². The number of hydrogen-bond donors (Lipinski definition) is 1. The molecule has 3 rings (SSSR count). The third-order valence-corrected chi connectivity index (χ3v) is 4.50. The molecule has 0 bridgehead atoms. The van der Waals surface area contributed by atoms with E-state index < -0.39 is 5.60 Å². The molecule has 1 amide bonds. The molecule has 1 fully saturated rings. The Hall–Kier alpha value is -1.67. The van der Waals surface area contributed by atoms with Gasteiger partial charge >= 0.3 is 6.09 Å². The van der Waals surface area contributed by atoms with Crippen molar-refractivity contribution in [3.05, 3.63) is 11.4 Å². The second kappa shape index (κ2) is 7.06. The van der Waals surface area contributed by atoms with Gasteiger partial charge in [-0.1, -0.05) is 0 Å². The normalized spacial score (nSPS) is 20.0. The molecule has 1 aromatic heterocycles. The number of fused-ring (bicyclic) bond motifs is 1. The van der Waals surface area contributed by atoms with E-state index >= 15 is 0 Å². The topological polar surface area (TPSA) is 77.6 Å². The van der Waals surface area contributed by atoms with Crippen LogP contribution in [-0.4, -0.2) is 87.6 Å². The number of amides is 1. The summed E-state index contributed by atoms with van der Waals surface area (Å²) in [6.45, 7) is 13.0. The van der Waals surface area contributed by atoms with E-state index in [4.69, 9.17) is 4.74 Å². The number of H-pyrrole nitrogens is 1. The first-order valence-corrected chi connectivity index (χ1v) is 8.72. The zero-order valence-corrected chi connectivity index (χ0v) is 14.9. The summed E-state index contributed by atoms with van der Waals surface area (Å²) in [5, 5.41) is 11.1. The van der Waals surface area contributed by atoms with Crippen molar-refractivity contribution in [1.29, 1.82) is 0 Å². The van der Waals surface area contributed by atoms with Gasteiger partial charge in [-0.3, -0.25) is 9.80 Å². The molecular formula is C16H28N6O2. The molecule has 3 heterocycles. The smallest absolute Gasteiger partial charge is 0.410 e. The third-order valence-electron chi connectivity index (χ3n) is 4.50. The molecule has 8 heteroatoms. The molecule has 0 atom stereocenters. The summed E-state index contributed by atoms with van der Waals surface area (Å²) >= 11 is 0. The minimum atomic E-state index is -0.428. The Balaban J connectivity index is 1.38. The lowest BCUT2D eigenvalue weighted by molar-refractivity contribution is 0.0137. The number of hydrogen-bond acceptors (Lipinski definition) is 6. The maximum absolute atomic E-state index is 12.1. The Morgan fingerprint density at radius 3 is 2.42 bits per heavy atom. The highest BCUT2D eigenvalue weighted by Crippen LogP contribution is 2.14. The van der Waals surface area contributed by atoms with Crippen molar-refractivity contribution in [1.82, 2.24) is 30.1 Å². The number of aromatic nitrogens is 3. The number of piperazine rings is 1. The highest BCUT2D eigenvalue weighted by atomic mass is 16.6. The predicted molar refractivity (Wildman–Crippen MR) is 89.6 cm³/mol. The van der Waals surface area contributed by atoms with Crippen LogP contribution in [0.15, 0.2) is 0 Å². The Morgan fingerprint density at radius 1 is 1.04 bits per heavy atom. The fourth-order valence-corrected chi connectivity index (χ4v) is 3.11. The molecule has 0 spiro atoms. The monoisotopic (exact) mass is 336 g/mol. The molecule has 2 aliphatic rings. The molecule has 1 saturated heterocycles. The SMILES string of the molecule is CC(C)(C)OC(=O)N1CCN(CCN2CCc3n[nH]nc3C2)CC1. The van der Waals surface area contributed by atoms with Gasteiger partial charge in [0.05, 0.1) is 11.4 Å². The lowest BCUT2D eigenvalue weighted by Gasteiger charge is -2.36. The molecule has 0 saturated carbocycles.